The van der Waals surface area contributed by atoms with Gasteiger partial charge >= 0.3 is 0 Å². The first-order chi connectivity index (χ1) is 6.56. The third-order valence-corrected chi connectivity index (χ3v) is 4.01. The van der Waals surface area contributed by atoms with E-state index in [1.165, 1.54) is 0 Å². The van der Waals surface area contributed by atoms with Crippen LogP contribution in [0.15, 0.2) is 4.99 Å². The maximum Gasteiger partial charge on any atom is 0.216 e. The van der Waals surface area contributed by atoms with E-state index in [2.05, 4.69) is 42.6 Å². The fraction of sp³-hybridized carbons (Fsp3) is 0.778. The summed E-state index contributed by atoms with van der Waals surface area (Å²) in [7, 11) is 5.12. The van der Waals surface area contributed by atoms with Gasteiger partial charge in [0.15, 0.2) is 5.13 Å². The molecule has 1 aromatic heterocycles. The zero-order chi connectivity index (χ0) is 10.7. The molecule has 0 radical (unpaired) electrons. The van der Waals surface area contributed by atoms with Gasteiger partial charge in [0.25, 0.3) is 0 Å². The van der Waals surface area contributed by atoms with Crippen molar-refractivity contribution in [3.8, 4) is 0 Å². The van der Waals surface area contributed by atoms with E-state index in [4.69, 9.17) is 0 Å². The Labute approximate surface area is 92.5 Å². The molecule has 0 fully saturated rings. The number of hydrogen-bond acceptors (Lipinski definition) is 5. The van der Waals surface area contributed by atoms with E-state index < -0.39 is 0 Å². The summed E-state index contributed by atoms with van der Waals surface area (Å²) >= 11 is 0. The van der Waals surface area contributed by atoms with Gasteiger partial charge in [-0.3, -0.25) is 4.99 Å². The molecule has 1 rings (SSSR count). The van der Waals surface area contributed by atoms with Gasteiger partial charge in [0, 0.05) is 19.1 Å². The summed E-state index contributed by atoms with van der Waals surface area (Å²) in [5, 5.41) is 1.08. The summed E-state index contributed by atoms with van der Waals surface area (Å²) in [6.07, 6.45) is 0. The molecule has 0 aromatic carbocycles. The van der Waals surface area contributed by atoms with Crippen LogP contribution in [0.1, 0.15) is 27.7 Å². The predicted octanol–water partition coefficient (Wildman–Crippen LogP) is 2.36. The fourth-order valence-corrected chi connectivity index (χ4v) is 3.61. The molecule has 0 aliphatic carbocycles. The zero-order valence-corrected chi connectivity index (χ0v) is 10.9. The number of hydrogen-bond donors (Lipinski definition) is 0. The Hall–Kier alpha value is -0.420. The molecule has 5 heteroatoms. The topological polar surface area (TPSA) is 28.5 Å². The minimum Gasteiger partial charge on any atom is -0.343 e. The molecular weight excluding hydrogens is 214 g/mol. The molecule has 1 heterocycles. The normalized spacial score (nSPS) is 12.9. The van der Waals surface area contributed by atoms with Crippen molar-refractivity contribution in [2.24, 2.45) is 4.99 Å². The number of nitrogens with zero attached hydrogens (tertiary/aromatic N) is 3. The highest BCUT2D eigenvalue weighted by molar-refractivity contribution is 7.69. The van der Waals surface area contributed by atoms with E-state index >= 15 is 0 Å². The predicted molar refractivity (Wildman–Crippen MR) is 64.2 cm³/mol. The summed E-state index contributed by atoms with van der Waals surface area (Å²) in [4.78, 5) is 11.7. The Bertz CT molecular complexity index is 330. The van der Waals surface area contributed by atoms with Gasteiger partial charge in [-0.2, -0.15) is 4.98 Å². The van der Waals surface area contributed by atoms with Crippen LogP contribution in [-0.2, 0) is 0 Å². The Morgan fingerprint density at radius 3 is 2.07 bits per heavy atom. The van der Waals surface area contributed by atoms with Gasteiger partial charge in [-0.15, -0.1) is 0 Å². The summed E-state index contributed by atoms with van der Waals surface area (Å²) in [5.74, 6) is 0. The Kier molecular flexibility index (Phi) is 4.07. The van der Waals surface area contributed by atoms with Gasteiger partial charge in [0.1, 0.15) is 0 Å². The first kappa shape index (κ1) is 11.7. The van der Waals surface area contributed by atoms with E-state index in [1.807, 2.05) is 0 Å². The van der Waals surface area contributed by atoms with Gasteiger partial charge < -0.3 is 4.90 Å². The lowest BCUT2D eigenvalue weighted by atomic mass is 10.2. The molecule has 0 saturated carbocycles. The molecular formula is C9H17N3S2. The molecule has 0 aliphatic rings. The van der Waals surface area contributed by atoms with Crippen LogP contribution in [0.2, 0.25) is 0 Å². The smallest absolute Gasteiger partial charge is 0.216 e. The minimum absolute atomic E-state index is 0.484. The van der Waals surface area contributed by atoms with Crippen molar-refractivity contribution in [3.63, 3.8) is 0 Å². The summed E-state index contributed by atoms with van der Waals surface area (Å²) < 4.78 is 0. The highest BCUT2D eigenvalue weighted by Gasteiger charge is 2.16. The van der Waals surface area contributed by atoms with E-state index in [-0.39, 0.29) is 0 Å². The highest BCUT2D eigenvalue weighted by atomic mass is 32.9. The van der Waals surface area contributed by atoms with Crippen LogP contribution in [-0.4, -0.2) is 24.1 Å². The molecule has 0 aliphatic heterocycles. The monoisotopic (exact) mass is 231 g/mol. The SMILES string of the molecule is CN=c1nc(N(C(C)C)C(C)C)ss1. The largest absolute Gasteiger partial charge is 0.343 e. The summed E-state index contributed by atoms with van der Waals surface area (Å²) in [6.45, 7) is 8.76. The first-order valence-corrected chi connectivity index (χ1v) is 6.89. The molecule has 0 unspecified atom stereocenters. The second-order valence-corrected chi connectivity index (χ2v) is 5.73. The van der Waals surface area contributed by atoms with Gasteiger partial charge in [-0.25, -0.2) is 0 Å². The Morgan fingerprint density at radius 2 is 1.71 bits per heavy atom. The van der Waals surface area contributed by atoms with Crippen molar-refractivity contribution in [2.45, 2.75) is 39.8 Å². The Morgan fingerprint density at radius 1 is 1.14 bits per heavy atom. The van der Waals surface area contributed by atoms with E-state index in [0.29, 0.717) is 12.1 Å². The van der Waals surface area contributed by atoms with Crippen LogP contribution in [0.4, 0.5) is 5.13 Å². The standard InChI is InChI=1S/C9H17N3S2/c1-6(2)12(7(3)4)9-11-8(10-5)13-14-9/h6-7H,1-5H3. The first-order valence-electron chi connectivity index (χ1n) is 4.74. The van der Waals surface area contributed by atoms with Crippen LogP contribution >= 0.6 is 20.7 Å². The van der Waals surface area contributed by atoms with Crippen LogP contribution < -0.4 is 9.70 Å². The summed E-state index contributed by atoms with van der Waals surface area (Å²) in [6, 6.07) is 0.969. The third kappa shape index (κ3) is 2.54. The second kappa shape index (κ2) is 4.89. The quantitative estimate of drug-likeness (QED) is 0.747. The molecule has 0 spiro atoms. The molecule has 14 heavy (non-hydrogen) atoms. The second-order valence-electron chi connectivity index (χ2n) is 3.66. The van der Waals surface area contributed by atoms with Crippen molar-refractivity contribution < 1.29 is 0 Å². The fourth-order valence-electron chi connectivity index (χ4n) is 1.42. The lowest BCUT2D eigenvalue weighted by Gasteiger charge is -2.29. The lowest BCUT2D eigenvalue weighted by molar-refractivity contribution is 0.605. The van der Waals surface area contributed by atoms with Crippen LogP contribution in [0, 0.1) is 0 Å². The van der Waals surface area contributed by atoms with Gasteiger partial charge in [0.05, 0.1) is 0 Å². The maximum absolute atomic E-state index is 4.47. The van der Waals surface area contributed by atoms with Crippen molar-refractivity contribution >= 4 is 25.8 Å². The Balaban J connectivity index is 2.99. The minimum atomic E-state index is 0.484. The van der Waals surface area contributed by atoms with E-state index in [1.54, 1.807) is 27.7 Å². The average Bonchev–Trinajstić information content (AvgIpc) is 2.51. The van der Waals surface area contributed by atoms with E-state index in [0.717, 1.165) is 9.93 Å². The van der Waals surface area contributed by atoms with Gasteiger partial charge in [-0.05, 0) is 48.4 Å². The number of anilines is 1. The molecule has 1 aromatic rings. The lowest BCUT2D eigenvalue weighted by Crippen LogP contribution is -2.37. The van der Waals surface area contributed by atoms with Crippen LogP contribution in [0.5, 0.6) is 0 Å². The molecule has 0 amide bonds. The summed E-state index contributed by atoms with van der Waals surface area (Å²) in [5.41, 5.74) is 0. The molecule has 0 saturated heterocycles. The molecule has 80 valence electrons. The number of aromatic nitrogens is 1. The van der Waals surface area contributed by atoms with Crippen LogP contribution in [0.25, 0.3) is 0 Å². The maximum atomic E-state index is 4.47. The zero-order valence-electron chi connectivity index (χ0n) is 9.31. The van der Waals surface area contributed by atoms with Crippen molar-refractivity contribution in [3.05, 3.63) is 4.80 Å². The van der Waals surface area contributed by atoms with Crippen molar-refractivity contribution in [1.82, 2.24) is 4.98 Å². The highest BCUT2D eigenvalue weighted by Crippen LogP contribution is 2.23. The van der Waals surface area contributed by atoms with Crippen LogP contribution in [0.3, 0.4) is 0 Å². The van der Waals surface area contributed by atoms with Gasteiger partial charge in [0.2, 0.25) is 4.80 Å². The molecule has 0 N–H and O–H groups in total. The van der Waals surface area contributed by atoms with E-state index in [9.17, 15) is 0 Å². The average molecular weight is 231 g/mol. The molecule has 0 atom stereocenters. The third-order valence-electron chi connectivity index (χ3n) is 1.91. The molecule has 3 nitrogen and oxygen atoms in total. The number of rotatable bonds is 3. The molecule has 0 bridgehead atoms. The van der Waals surface area contributed by atoms with Gasteiger partial charge in [-0.1, -0.05) is 0 Å². The van der Waals surface area contributed by atoms with Crippen molar-refractivity contribution in [1.29, 1.82) is 0 Å². The van der Waals surface area contributed by atoms with Crippen molar-refractivity contribution in [2.75, 3.05) is 11.9 Å².